The van der Waals surface area contributed by atoms with E-state index in [4.69, 9.17) is 9.47 Å². The Morgan fingerprint density at radius 1 is 1.04 bits per heavy atom. The van der Waals surface area contributed by atoms with Gasteiger partial charge in [0.25, 0.3) is 0 Å². The van der Waals surface area contributed by atoms with E-state index in [2.05, 4.69) is 42.7 Å². The van der Waals surface area contributed by atoms with Crippen LogP contribution in [0.1, 0.15) is 45.1 Å². The minimum Gasteiger partial charge on any atom is -0.347 e. The van der Waals surface area contributed by atoms with Crippen molar-refractivity contribution < 1.29 is 9.47 Å². The molecule has 0 amide bonds. The Kier molecular flexibility index (Phi) is 5.94. The maximum absolute atomic E-state index is 5.85. The first-order chi connectivity index (χ1) is 11.7. The summed E-state index contributed by atoms with van der Waals surface area (Å²) in [6.45, 7) is 8.06. The summed E-state index contributed by atoms with van der Waals surface area (Å²) in [6, 6.07) is 10.6. The highest BCUT2D eigenvalue weighted by Crippen LogP contribution is 2.32. The van der Waals surface area contributed by atoms with Crippen LogP contribution in [0, 0.1) is 17.8 Å². The van der Waals surface area contributed by atoms with Gasteiger partial charge in [-0.3, -0.25) is 4.90 Å². The number of piperidine rings is 1. The number of nitrogens with zero attached hydrogens (tertiary/aromatic N) is 1. The zero-order valence-electron chi connectivity index (χ0n) is 15.0. The lowest BCUT2D eigenvalue weighted by Crippen LogP contribution is -2.48. The van der Waals surface area contributed by atoms with Crippen LogP contribution in [0.5, 0.6) is 0 Å². The first-order valence-electron chi connectivity index (χ1n) is 9.25. The largest absolute Gasteiger partial charge is 0.347 e. The molecule has 0 N–H and O–H groups in total. The van der Waals surface area contributed by atoms with Gasteiger partial charge in [0.1, 0.15) is 0 Å². The zero-order valence-corrected chi connectivity index (χ0v) is 15.0. The molecule has 0 saturated carbocycles. The van der Waals surface area contributed by atoms with Crippen LogP contribution in [0.2, 0.25) is 0 Å². The van der Waals surface area contributed by atoms with Crippen LogP contribution < -0.4 is 0 Å². The molecule has 3 heteroatoms. The molecule has 2 heterocycles. The summed E-state index contributed by atoms with van der Waals surface area (Å²) in [4.78, 5) is 2.52. The lowest BCUT2D eigenvalue weighted by molar-refractivity contribution is -0.186. The van der Waals surface area contributed by atoms with Crippen LogP contribution in [-0.4, -0.2) is 43.0 Å². The predicted octanol–water partition coefficient (Wildman–Crippen LogP) is 3.68. The van der Waals surface area contributed by atoms with Crippen LogP contribution in [0.25, 0.3) is 0 Å². The van der Waals surface area contributed by atoms with Crippen molar-refractivity contribution in [2.24, 2.45) is 5.92 Å². The maximum Gasteiger partial charge on any atom is 0.170 e. The Labute approximate surface area is 146 Å². The third kappa shape index (κ3) is 4.60. The zero-order chi connectivity index (χ0) is 16.8. The lowest BCUT2D eigenvalue weighted by Gasteiger charge is -2.40. The van der Waals surface area contributed by atoms with Gasteiger partial charge in [0.05, 0.1) is 19.3 Å². The number of hydrogen-bond acceptors (Lipinski definition) is 3. The molecule has 2 fully saturated rings. The molecule has 1 unspecified atom stereocenters. The molecule has 1 aromatic rings. The molecule has 3 nitrogen and oxygen atoms in total. The van der Waals surface area contributed by atoms with Crippen molar-refractivity contribution in [3.63, 3.8) is 0 Å². The number of rotatable bonds is 4. The first-order valence-corrected chi connectivity index (χ1v) is 9.25. The van der Waals surface area contributed by atoms with E-state index in [1.165, 1.54) is 6.42 Å². The molecule has 0 aliphatic carbocycles. The van der Waals surface area contributed by atoms with Gasteiger partial charge in [0.2, 0.25) is 0 Å². The second-order valence-electron chi connectivity index (χ2n) is 7.27. The number of hydrogen-bond donors (Lipinski definition) is 0. The number of benzene rings is 1. The molecule has 130 valence electrons. The van der Waals surface area contributed by atoms with E-state index in [-0.39, 0.29) is 5.79 Å². The predicted molar refractivity (Wildman–Crippen MR) is 96.6 cm³/mol. The summed E-state index contributed by atoms with van der Waals surface area (Å²) >= 11 is 0. The molecular weight excluding hydrogens is 298 g/mol. The molecule has 1 spiro atoms. The highest BCUT2D eigenvalue weighted by atomic mass is 16.7. The molecule has 0 aromatic heterocycles. The second kappa shape index (κ2) is 8.16. The van der Waals surface area contributed by atoms with Crippen LogP contribution in [0.4, 0.5) is 0 Å². The summed E-state index contributed by atoms with van der Waals surface area (Å²) in [7, 11) is 0. The molecule has 3 rings (SSSR count). The van der Waals surface area contributed by atoms with Crippen LogP contribution in [0.3, 0.4) is 0 Å². The van der Waals surface area contributed by atoms with Gasteiger partial charge in [0.15, 0.2) is 5.79 Å². The van der Waals surface area contributed by atoms with Gasteiger partial charge in [-0.2, -0.15) is 0 Å². The first kappa shape index (κ1) is 17.5. The molecule has 0 bridgehead atoms. The van der Waals surface area contributed by atoms with Gasteiger partial charge >= 0.3 is 0 Å². The molecule has 2 aliphatic heterocycles. The lowest BCUT2D eigenvalue weighted by atomic mass is 9.97. The van der Waals surface area contributed by atoms with Crippen LogP contribution >= 0.6 is 0 Å². The normalized spacial score (nSPS) is 21.6. The van der Waals surface area contributed by atoms with Crippen LogP contribution in [0.15, 0.2) is 30.3 Å². The van der Waals surface area contributed by atoms with Crippen molar-refractivity contribution in [1.82, 2.24) is 4.90 Å². The third-order valence-corrected chi connectivity index (χ3v) is 4.99. The Bertz CT molecular complexity index is 556. The fourth-order valence-electron chi connectivity index (χ4n) is 3.49. The molecule has 1 atom stereocenters. The summed E-state index contributed by atoms with van der Waals surface area (Å²) < 4.78 is 11.7. The Balaban J connectivity index is 1.65. The standard InChI is InChI=1S/C21H29NO2/c1-18(2)8-10-20(11-9-19-6-4-3-5-7-19)22-14-12-21(13-15-22)23-16-17-24-21/h3-7,18,20H,8,10,12-17H2,1-2H3. The van der Waals surface area contributed by atoms with Crippen molar-refractivity contribution in [3.8, 4) is 11.8 Å². The number of ether oxygens (including phenoxy) is 2. The molecule has 2 saturated heterocycles. The van der Waals surface area contributed by atoms with E-state index in [1.54, 1.807) is 0 Å². The summed E-state index contributed by atoms with van der Waals surface area (Å²) in [5, 5.41) is 0. The second-order valence-corrected chi connectivity index (χ2v) is 7.27. The quantitative estimate of drug-likeness (QED) is 0.788. The molecule has 0 radical (unpaired) electrons. The maximum atomic E-state index is 5.85. The van der Waals surface area contributed by atoms with Gasteiger partial charge in [-0.05, 0) is 30.9 Å². The van der Waals surface area contributed by atoms with Crippen molar-refractivity contribution >= 4 is 0 Å². The number of likely N-dealkylation sites (tertiary alicyclic amines) is 1. The average Bonchev–Trinajstić information content (AvgIpc) is 3.05. The minimum atomic E-state index is -0.300. The average molecular weight is 327 g/mol. The van der Waals surface area contributed by atoms with E-state index in [0.717, 1.165) is 51.1 Å². The van der Waals surface area contributed by atoms with Crippen molar-refractivity contribution in [3.05, 3.63) is 35.9 Å². The van der Waals surface area contributed by atoms with E-state index in [0.29, 0.717) is 12.0 Å². The van der Waals surface area contributed by atoms with Gasteiger partial charge < -0.3 is 9.47 Å². The van der Waals surface area contributed by atoms with Crippen molar-refractivity contribution in [2.75, 3.05) is 26.3 Å². The monoisotopic (exact) mass is 327 g/mol. The molecule has 1 aromatic carbocycles. The van der Waals surface area contributed by atoms with Gasteiger partial charge in [0, 0.05) is 31.5 Å². The summed E-state index contributed by atoms with van der Waals surface area (Å²) in [5.41, 5.74) is 1.10. The molecule has 24 heavy (non-hydrogen) atoms. The Morgan fingerprint density at radius 2 is 1.71 bits per heavy atom. The van der Waals surface area contributed by atoms with Crippen molar-refractivity contribution in [1.29, 1.82) is 0 Å². The van der Waals surface area contributed by atoms with Gasteiger partial charge in [-0.25, -0.2) is 0 Å². The molecule has 2 aliphatic rings. The fraction of sp³-hybridized carbons (Fsp3) is 0.619. The third-order valence-electron chi connectivity index (χ3n) is 4.99. The van der Waals surface area contributed by atoms with Crippen molar-refractivity contribution in [2.45, 2.75) is 51.4 Å². The highest BCUT2D eigenvalue weighted by molar-refractivity contribution is 5.34. The van der Waals surface area contributed by atoms with E-state index in [9.17, 15) is 0 Å². The van der Waals surface area contributed by atoms with E-state index < -0.39 is 0 Å². The van der Waals surface area contributed by atoms with Gasteiger partial charge in [-0.1, -0.05) is 43.9 Å². The summed E-state index contributed by atoms with van der Waals surface area (Å²) in [5.74, 6) is 7.32. The fourth-order valence-corrected chi connectivity index (χ4v) is 3.49. The SMILES string of the molecule is CC(C)CCC(C#Cc1ccccc1)N1CCC2(CC1)OCCO2. The summed E-state index contributed by atoms with van der Waals surface area (Å²) in [6.07, 6.45) is 4.26. The topological polar surface area (TPSA) is 21.7 Å². The molecular formula is C21H29NO2. The van der Waals surface area contributed by atoms with Gasteiger partial charge in [-0.15, -0.1) is 0 Å². The van der Waals surface area contributed by atoms with Crippen LogP contribution in [-0.2, 0) is 9.47 Å². The minimum absolute atomic E-state index is 0.300. The van der Waals surface area contributed by atoms with E-state index in [1.807, 2.05) is 18.2 Å². The Morgan fingerprint density at radius 3 is 2.33 bits per heavy atom. The smallest absolute Gasteiger partial charge is 0.170 e. The Hall–Kier alpha value is -1.34. The highest BCUT2D eigenvalue weighted by Gasteiger charge is 2.40. The van der Waals surface area contributed by atoms with E-state index >= 15 is 0 Å².